The quantitative estimate of drug-likeness (QED) is 0.697. The van der Waals surface area contributed by atoms with Crippen molar-refractivity contribution >= 4 is 11.0 Å². The van der Waals surface area contributed by atoms with E-state index in [9.17, 15) is 5.11 Å². The molecule has 1 heterocycles. The number of fused-ring (bicyclic) bond motifs is 1. The number of hydrogen-bond acceptors (Lipinski definition) is 2. The molecule has 1 aromatic carbocycles. The van der Waals surface area contributed by atoms with Crippen molar-refractivity contribution < 1.29 is 5.11 Å². The molecule has 0 bridgehead atoms. The number of H-pyrrole nitrogens is 1. The number of benzene rings is 1. The number of aromatic nitrogens is 2. The molecule has 68 valence electrons. The molecule has 0 radical (unpaired) electrons. The van der Waals surface area contributed by atoms with Gasteiger partial charge in [-0.15, -0.1) is 0 Å². The van der Waals surface area contributed by atoms with Crippen molar-refractivity contribution in [2.24, 2.45) is 0 Å². The number of nitrogens with zero attached hydrogens (tertiary/aromatic N) is 1. The minimum absolute atomic E-state index is 0.466. The number of aromatic amines is 1. The highest BCUT2D eigenvalue weighted by Crippen LogP contribution is 2.21. The van der Waals surface area contributed by atoms with Crippen LogP contribution in [0.5, 0.6) is 0 Å². The highest BCUT2D eigenvalue weighted by Gasteiger charge is 2.08. The molecule has 0 aliphatic rings. The maximum Gasteiger partial charge on any atom is 0.104 e. The zero-order chi connectivity index (χ0) is 9.42. The van der Waals surface area contributed by atoms with Gasteiger partial charge >= 0.3 is 0 Å². The minimum Gasteiger partial charge on any atom is -0.389 e. The smallest absolute Gasteiger partial charge is 0.104 e. The van der Waals surface area contributed by atoms with Crippen LogP contribution >= 0.6 is 0 Å². The van der Waals surface area contributed by atoms with E-state index < -0.39 is 6.10 Å². The lowest BCUT2D eigenvalue weighted by Gasteiger charge is -2.03. The zero-order valence-electron chi connectivity index (χ0n) is 7.70. The van der Waals surface area contributed by atoms with Crippen LogP contribution in [0.15, 0.2) is 18.2 Å². The first-order valence-electron chi connectivity index (χ1n) is 4.32. The van der Waals surface area contributed by atoms with Crippen molar-refractivity contribution in [1.82, 2.24) is 9.97 Å². The van der Waals surface area contributed by atoms with Gasteiger partial charge in [0.05, 0.1) is 17.1 Å². The van der Waals surface area contributed by atoms with Gasteiger partial charge in [-0.3, -0.25) is 0 Å². The van der Waals surface area contributed by atoms with E-state index in [-0.39, 0.29) is 0 Å². The monoisotopic (exact) mass is 176 g/mol. The fraction of sp³-hybridized carbons (Fsp3) is 0.300. The van der Waals surface area contributed by atoms with Gasteiger partial charge in [-0.05, 0) is 19.9 Å². The van der Waals surface area contributed by atoms with Gasteiger partial charge < -0.3 is 10.1 Å². The second-order valence-corrected chi connectivity index (χ2v) is 3.24. The number of aryl methyl sites for hydroxylation is 1. The molecule has 0 saturated carbocycles. The third kappa shape index (κ3) is 1.31. The van der Waals surface area contributed by atoms with Crippen molar-refractivity contribution in [1.29, 1.82) is 0 Å². The van der Waals surface area contributed by atoms with Crippen LogP contribution in [0.2, 0.25) is 0 Å². The molecule has 2 rings (SSSR count). The van der Waals surface area contributed by atoms with Gasteiger partial charge in [-0.1, -0.05) is 12.1 Å². The number of hydrogen-bond donors (Lipinski definition) is 2. The molecule has 0 amide bonds. The van der Waals surface area contributed by atoms with Crippen molar-refractivity contribution in [3.63, 3.8) is 0 Å². The van der Waals surface area contributed by atoms with Gasteiger partial charge in [0.1, 0.15) is 5.82 Å². The Bertz CT molecular complexity index is 431. The molecule has 1 aromatic heterocycles. The molecule has 0 spiro atoms. The number of imidazole rings is 1. The molecule has 1 atom stereocenters. The Morgan fingerprint density at radius 1 is 1.46 bits per heavy atom. The third-order valence-corrected chi connectivity index (χ3v) is 2.11. The molecule has 0 aliphatic heterocycles. The lowest BCUT2D eigenvalue weighted by molar-refractivity contribution is 0.200. The number of rotatable bonds is 1. The molecule has 3 heteroatoms. The molecule has 0 aliphatic carbocycles. The molecule has 0 fully saturated rings. The Morgan fingerprint density at radius 3 is 2.92 bits per heavy atom. The van der Waals surface area contributed by atoms with E-state index in [1.165, 1.54) is 0 Å². The molecule has 13 heavy (non-hydrogen) atoms. The van der Waals surface area contributed by atoms with Crippen molar-refractivity contribution in [3.05, 3.63) is 29.6 Å². The van der Waals surface area contributed by atoms with Crippen LogP contribution in [0.25, 0.3) is 11.0 Å². The largest absolute Gasteiger partial charge is 0.389 e. The van der Waals surface area contributed by atoms with Crippen LogP contribution in [0.1, 0.15) is 24.4 Å². The first-order valence-corrected chi connectivity index (χ1v) is 4.32. The number of para-hydroxylation sites is 1. The van der Waals surface area contributed by atoms with E-state index in [1.54, 1.807) is 6.92 Å². The lowest BCUT2D eigenvalue weighted by Crippen LogP contribution is -1.91. The molecule has 3 nitrogen and oxygen atoms in total. The van der Waals surface area contributed by atoms with Crippen molar-refractivity contribution in [2.75, 3.05) is 0 Å². The highest BCUT2D eigenvalue weighted by molar-refractivity contribution is 5.79. The standard InChI is InChI=1S/C10H12N2O/c1-6(13)8-4-3-5-9-10(8)12-7(2)11-9/h3-6,13H,1-2H3,(H,11,12)/t6-/m0/s1. The second kappa shape index (κ2) is 2.85. The predicted molar refractivity (Wildman–Crippen MR) is 51.5 cm³/mol. The summed E-state index contributed by atoms with van der Waals surface area (Å²) in [5, 5.41) is 9.48. The van der Waals surface area contributed by atoms with Crippen molar-refractivity contribution in [2.45, 2.75) is 20.0 Å². The summed E-state index contributed by atoms with van der Waals surface area (Å²) in [7, 11) is 0. The summed E-state index contributed by atoms with van der Waals surface area (Å²) in [6.07, 6.45) is -0.466. The van der Waals surface area contributed by atoms with Gasteiger partial charge in [0.15, 0.2) is 0 Å². The summed E-state index contributed by atoms with van der Waals surface area (Å²) in [6.45, 7) is 3.66. The van der Waals surface area contributed by atoms with Gasteiger partial charge in [-0.2, -0.15) is 0 Å². The predicted octanol–water partition coefficient (Wildman–Crippen LogP) is 1.92. The molecular weight excluding hydrogens is 164 g/mol. The summed E-state index contributed by atoms with van der Waals surface area (Å²) in [5.41, 5.74) is 2.73. The summed E-state index contributed by atoms with van der Waals surface area (Å²) in [4.78, 5) is 7.45. The first-order chi connectivity index (χ1) is 6.18. The van der Waals surface area contributed by atoms with E-state index in [2.05, 4.69) is 9.97 Å². The molecule has 2 aromatic rings. The van der Waals surface area contributed by atoms with Crippen LogP contribution in [-0.4, -0.2) is 15.1 Å². The highest BCUT2D eigenvalue weighted by atomic mass is 16.3. The normalized spacial score (nSPS) is 13.5. The van der Waals surface area contributed by atoms with E-state index in [0.717, 1.165) is 22.4 Å². The summed E-state index contributed by atoms with van der Waals surface area (Å²) in [6, 6.07) is 5.77. The maximum atomic E-state index is 9.48. The number of aliphatic hydroxyl groups is 1. The van der Waals surface area contributed by atoms with E-state index in [4.69, 9.17) is 0 Å². The van der Waals surface area contributed by atoms with Gasteiger partial charge in [0, 0.05) is 5.56 Å². The SMILES string of the molecule is Cc1nc2c([C@H](C)O)cccc2[nH]1. The van der Waals surface area contributed by atoms with E-state index in [0.29, 0.717) is 0 Å². The van der Waals surface area contributed by atoms with E-state index >= 15 is 0 Å². The van der Waals surface area contributed by atoms with Gasteiger partial charge in [-0.25, -0.2) is 4.98 Å². The maximum absolute atomic E-state index is 9.48. The van der Waals surface area contributed by atoms with Gasteiger partial charge in [0.25, 0.3) is 0 Å². The Balaban J connectivity index is 2.75. The van der Waals surface area contributed by atoms with Crippen LogP contribution < -0.4 is 0 Å². The second-order valence-electron chi connectivity index (χ2n) is 3.24. The fourth-order valence-electron chi connectivity index (χ4n) is 1.51. The van der Waals surface area contributed by atoms with Crippen LogP contribution in [0, 0.1) is 6.92 Å². The van der Waals surface area contributed by atoms with Crippen LogP contribution in [0.4, 0.5) is 0 Å². The summed E-state index contributed by atoms with van der Waals surface area (Å²) < 4.78 is 0. The summed E-state index contributed by atoms with van der Waals surface area (Å²) >= 11 is 0. The average Bonchev–Trinajstić information content (AvgIpc) is 2.43. The molecule has 2 N–H and O–H groups in total. The first kappa shape index (κ1) is 8.26. The molecule has 0 unspecified atom stereocenters. The lowest BCUT2D eigenvalue weighted by atomic mass is 10.1. The Kier molecular flexibility index (Phi) is 1.81. The third-order valence-electron chi connectivity index (χ3n) is 2.11. The fourth-order valence-corrected chi connectivity index (χ4v) is 1.51. The minimum atomic E-state index is -0.466. The Labute approximate surface area is 76.4 Å². The molecular formula is C10H12N2O. The van der Waals surface area contributed by atoms with Gasteiger partial charge in [0.2, 0.25) is 0 Å². The Hall–Kier alpha value is -1.35. The summed E-state index contributed by atoms with van der Waals surface area (Å²) in [5.74, 6) is 0.878. The number of nitrogens with one attached hydrogen (secondary N) is 1. The van der Waals surface area contributed by atoms with Crippen LogP contribution in [-0.2, 0) is 0 Å². The van der Waals surface area contributed by atoms with Crippen molar-refractivity contribution in [3.8, 4) is 0 Å². The Morgan fingerprint density at radius 2 is 2.23 bits per heavy atom. The average molecular weight is 176 g/mol. The van der Waals surface area contributed by atoms with Crippen LogP contribution in [0.3, 0.4) is 0 Å². The number of aliphatic hydroxyl groups excluding tert-OH is 1. The topological polar surface area (TPSA) is 48.9 Å². The van der Waals surface area contributed by atoms with E-state index in [1.807, 2.05) is 25.1 Å². The zero-order valence-corrected chi connectivity index (χ0v) is 7.70. The molecule has 0 saturated heterocycles.